The van der Waals surface area contributed by atoms with Crippen LogP contribution < -0.4 is 0 Å². The van der Waals surface area contributed by atoms with Crippen molar-refractivity contribution in [3.63, 3.8) is 0 Å². The van der Waals surface area contributed by atoms with Crippen LogP contribution >= 0.6 is 0 Å². The fourth-order valence-corrected chi connectivity index (χ4v) is 4.21. The van der Waals surface area contributed by atoms with Crippen LogP contribution in [0.3, 0.4) is 0 Å². The summed E-state index contributed by atoms with van der Waals surface area (Å²) in [6.45, 7) is 0. The topological polar surface area (TPSA) is 57.4 Å². The van der Waals surface area contributed by atoms with Crippen LogP contribution in [0.1, 0.15) is 22.8 Å². The molecule has 0 aliphatic carbocycles. The van der Waals surface area contributed by atoms with Crippen molar-refractivity contribution < 1.29 is 17.1 Å². The third-order valence-corrected chi connectivity index (χ3v) is 5.92. The van der Waals surface area contributed by atoms with Gasteiger partial charge in [0.15, 0.2) is 0 Å². The van der Waals surface area contributed by atoms with Gasteiger partial charge in [0.25, 0.3) is 0 Å². The van der Waals surface area contributed by atoms with E-state index in [1.165, 1.54) is 11.1 Å². The predicted molar refractivity (Wildman–Crippen MR) is 151 cm³/mol. The van der Waals surface area contributed by atoms with Gasteiger partial charge in [0.1, 0.15) is 0 Å². The van der Waals surface area contributed by atoms with E-state index in [0.29, 0.717) is 0 Å². The van der Waals surface area contributed by atoms with Crippen molar-refractivity contribution in [3.05, 3.63) is 132 Å². The van der Waals surface area contributed by atoms with Gasteiger partial charge in [-0.1, -0.05) is 60.7 Å². The minimum atomic E-state index is 0. The first-order valence-corrected chi connectivity index (χ1v) is 11.9. The zero-order valence-electron chi connectivity index (χ0n) is 20.0. The van der Waals surface area contributed by atoms with Gasteiger partial charge in [-0.25, -0.2) is 9.97 Å². The largest absolute Gasteiger partial charge is 0.355 e. The number of nitrogens with one attached hydrogen (secondary N) is 2. The standard InChI is InChI=1S/C20H14N4.C12H10.Mn/c1-2-14-10-16-5-6-18(23-16)12-20-8-7-19(24-20)11-17-4-3-15(22-17)9-13(1)21-14;1-3-7-11(8-4-1)12-9-5-2-6-10-12;/h1-12,21-22H;1-10H;. The molecule has 179 valence electrons. The van der Waals surface area contributed by atoms with Crippen LogP contribution in [0.15, 0.2) is 109 Å². The van der Waals surface area contributed by atoms with Crippen LogP contribution in [0.5, 0.6) is 0 Å². The van der Waals surface area contributed by atoms with Crippen molar-refractivity contribution in [3.8, 4) is 11.1 Å². The minimum Gasteiger partial charge on any atom is -0.355 e. The molecular weight excluding hydrogens is 495 g/mol. The number of hydrogen-bond acceptors (Lipinski definition) is 2. The predicted octanol–water partition coefficient (Wildman–Crippen LogP) is 8.01. The van der Waals surface area contributed by atoms with Gasteiger partial charge in [-0.3, -0.25) is 0 Å². The summed E-state index contributed by atoms with van der Waals surface area (Å²) in [6.07, 6.45) is 8.05. The Kier molecular flexibility index (Phi) is 7.27. The van der Waals surface area contributed by atoms with Gasteiger partial charge in [-0.05, 0) is 84.0 Å². The number of nitrogens with zero attached hydrogens (tertiary/aromatic N) is 2. The van der Waals surface area contributed by atoms with E-state index in [-0.39, 0.29) is 17.1 Å². The summed E-state index contributed by atoms with van der Waals surface area (Å²) in [5.41, 5.74) is 10.4. The molecule has 3 aromatic heterocycles. The molecule has 5 aromatic rings. The van der Waals surface area contributed by atoms with Crippen LogP contribution in [0, 0.1) is 0 Å². The molecule has 8 bridgehead atoms. The molecule has 37 heavy (non-hydrogen) atoms. The zero-order valence-corrected chi connectivity index (χ0v) is 21.2. The van der Waals surface area contributed by atoms with Crippen LogP contribution in [0.2, 0.25) is 0 Å². The maximum Gasteiger partial charge on any atom is 0.0659 e. The van der Waals surface area contributed by atoms with E-state index in [4.69, 9.17) is 0 Å². The van der Waals surface area contributed by atoms with Gasteiger partial charge < -0.3 is 9.97 Å². The first-order chi connectivity index (χ1) is 17.8. The SMILES string of the molecule is C1=Cc2cc3ccc(cc4ccc(cc5nc(cc1n2)C=C5)[nH]4)[nH]3.[Mn].c1ccc(-c2ccccc2)cc1. The Hall–Kier alpha value is -4.44. The second kappa shape index (κ2) is 11.1. The van der Waals surface area contributed by atoms with Crippen LogP contribution in [0.25, 0.3) is 57.5 Å². The minimum absolute atomic E-state index is 0. The van der Waals surface area contributed by atoms with Crippen molar-refractivity contribution >= 4 is 46.4 Å². The fourth-order valence-electron chi connectivity index (χ4n) is 4.21. The number of H-pyrrole nitrogens is 2. The van der Waals surface area contributed by atoms with Gasteiger partial charge in [0.2, 0.25) is 0 Å². The van der Waals surface area contributed by atoms with Gasteiger partial charge in [-0.2, -0.15) is 0 Å². The van der Waals surface area contributed by atoms with Gasteiger partial charge in [0, 0.05) is 39.1 Å². The monoisotopic (exact) mass is 519 g/mol. The number of aromatic nitrogens is 4. The summed E-state index contributed by atoms with van der Waals surface area (Å²) in [5, 5.41) is 0. The molecule has 0 amide bonds. The van der Waals surface area contributed by atoms with E-state index in [1.54, 1.807) is 0 Å². The molecule has 0 spiro atoms. The summed E-state index contributed by atoms with van der Waals surface area (Å²) in [6, 6.07) is 37.2. The van der Waals surface area contributed by atoms with E-state index in [2.05, 4.69) is 98.8 Å². The molecule has 4 nitrogen and oxygen atoms in total. The summed E-state index contributed by atoms with van der Waals surface area (Å²) in [4.78, 5) is 16.0. The quantitative estimate of drug-likeness (QED) is 0.216. The first kappa shape index (κ1) is 24.3. The fraction of sp³-hybridized carbons (Fsp3) is 0. The normalized spacial score (nSPS) is 11.4. The molecule has 5 heterocycles. The Bertz CT molecular complexity index is 1600. The Morgan fingerprint density at radius 2 is 0.730 bits per heavy atom. The molecule has 2 aliphatic heterocycles. The Morgan fingerprint density at radius 3 is 1.14 bits per heavy atom. The number of fused-ring (bicyclic) bond motifs is 8. The van der Waals surface area contributed by atoms with Gasteiger partial charge in [-0.15, -0.1) is 0 Å². The van der Waals surface area contributed by atoms with Crippen molar-refractivity contribution in [2.24, 2.45) is 0 Å². The van der Waals surface area contributed by atoms with Crippen LogP contribution in [-0.4, -0.2) is 19.9 Å². The smallest absolute Gasteiger partial charge is 0.0659 e. The third-order valence-electron chi connectivity index (χ3n) is 5.92. The molecule has 2 N–H and O–H groups in total. The maximum absolute atomic E-state index is 4.62. The third kappa shape index (κ3) is 6.04. The Morgan fingerprint density at radius 1 is 0.378 bits per heavy atom. The number of rotatable bonds is 1. The van der Waals surface area contributed by atoms with Gasteiger partial charge in [0.05, 0.1) is 22.8 Å². The molecule has 1 radical (unpaired) electrons. The molecule has 7 rings (SSSR count). The summed E-state index contributed by atoms with van der Waals surface area (Å²) in [7, 11) is 0. The molecule has 0 saturated carbocycles. The second-order valence-electron chi connectivity index (χ2n) is 8.64. The summed E-state index contributed by atoms with van der Waals surface area (Å²) < 4.78 is 0. The summed E-state index contributed by atoms with van der Waals surface area (Å²) in [5.74, 6) is 0. The Balaban J connectivity index is 0.000000183. The Labute approximate surface area is 226 Å². The number of hydrogen-bond donors (Lipinski definition) is 2. The van der Waals surface area contributed by atoms with E-state index >= 15 is 0 Å². The molecule has 2 aromatic carbocycles. The van der Waals surface area contributed by atoms with Gasteiger partial charge >= 0.3 is 0 Å². The van der Waals surface area contributed by atoms with E-state index in [9.17, 15) is 0 Å². The molecule has 0 atom stereocenters. The van der Waals surface area contributed by atoms with E-state index in [0.717, 1.165) is 44.8 Å². The second-order valence-corrected chi connectivity index (χ2v) is 8.64. The molecule has 5 heteroatoms. The maximum atomic E-state index is 4.62. The molecule has 0 unspecified atom stereocenters. The van der Waals surface area contributed by atoms with Crippen molar-refractivity contribution in [1.29, 1.82) is 0 Å². The van der Waals surface area contributed by atoms with E-state index in [1.807, 2.05) is 54.6 Å². The van der Waals surface area contributed by atoms with E-state index < -0.39 is 0 Å². The first-order valence-electron chi connectivity index (χ1n) is 11.9. The number of aromatic amines is 2. The molecule has 2 aliphatic rings. The average Bonchev–Trinajstić information content (AvgIpc) is 3.72. The average molecular weight is 520 g/mol. The zero-order chi connectivity index (χ0) is 24.2. The van der Waals surface area contributed by atoms with Crippen LogP contribution in [-0.2, 0) is 17.1 Å². The van der Waals surface area contributed by atoms with Crippen LogP contribution in [0.4, 0.5) is 0 Å². The van der Waals surface area contributed by atoms with Crippen molar-refractivity contribution in [2.75, 3.05) is 0 Å². The summed E-state index contributed by atoms with van der Waals surface area (Å²) >= 11 is 0. The number of benzene rings is 2. The molecular formula is C32H24MnN4. The molecule has 0 saturated heterocycles. The molecule has 0 fully saturated rings. The van der Waals surface area contributed by atoms with Crippen molar-refractivity contribution in [2.45, 2.75) is 0 Å². The van der Waals surface area contributed by atoms with Crippen molar-refractivity contribution in [1.82, 2.24) is 19.9 Å².